The van der Waals surface area contributed by atoms with Crippen molar-refractivity contribution in [3.05, 3.63) is 0 Å². The molecule has 0 amide bonds. The predicted octanol–water partition coefficient (Wildman–Crippen LogP) is 3.00. The maximum Gasteiger partial charge on any atom is 0.323 e. The summed E-state index contributed by atoms with van der Waals surface area (Å²) in [4.78, 5) is 13.7. The zero-order chi connectivity index (χ0) is 13.1. The first kappa shape index (κ1) is 14.5. The van der Waals surface area contributed by atoms with Gasteiger partial charge in [-0.15, -0.1) is 0 Å². The number of hydrogen-bond acceptors (Lipinski definition) is 2. The minimum atomic E-state index is -0.674. The van der Waals surface area contributed by atoms with Gasteiger partial charge in [0.05, 0.1) is 0 Å². The lowest BCUT2D eigenvalue weighted by atomic mass is 9.85. The van der Waals surface area contributed by atoms with E-state index in [0.29, 0.717) is 5.92 Å². The summed E-state index contributed by atoms with van der Waals surface area (Å²) in [6.07, 6.45) is 4.26. The van der Waals surface area contributed by atoms with Gasteiger partial charge in [0.1, 0.15) is 5.54 Å². The lowest BCUT2D eigenvalue weighted by Crippen LogP contribution is -2.55. The molecule has 1 rings (SSSR count). The smallest absolute Gasteiger partial charge is 0.323 e. The minimum Gasteiger partial charge on any atom is -0.480 e. The van der Waals surface area contributed by atoms with E-state index in [-0.39, 0.29) is 0 Å². The van der Waals surface area contributed by atoms with Crippen LogP contribution in [0.5, 0.6) is 0 Å². The lowest BCUT2D eigenvalue weighted by Gasteiger charge is -2.43. The van der Waals surface area contributed by atoms with Crippen molar-refractivity contribution in [3.63, 3.8) is 0 Å². The standard InChI is InChI=1S/C14H27NO2/c1-5-12-6-8-15(9-7-12)14(4,13(16)17)10-11(2)3/h11-12H,5-10H2,1-4H3,(H,16,17). The second kappa shape index (κ2) is 5.85. The molecule has 0 aromatic rings. The summed E-state index contributed by atoms with van der Waals surface area (Å²) in [7, 11) is 0. The van der Waals surface area contributed by atoms with Crippen LogP contribution in [0.15, 0.2) is 0 Å². The zero-order valence-electron chi connectivity index (χ0n) is 11.7. The topological polar surface area (TPSA) is 40.5 Å². The second-order valence-electron chi connectivity index (χ2n) is 6.02. The van der Waals surface area contributed by atoms with Crippen molar-refractivity contribution in [1.29, 1.82) is 0 Å². The Balaban J connectivity index is 2.69. The summed E-state index contributed by atoms with van der Waals surface area (Å²) < 4.78 is 0. The molecule has 1 atom stereocenters. The third kappa shape index (κ3) is 3.44. The molecule has 0 aliphatic carbocycles. The van der Waals surface area contributed by atoms with E-state index in [1.807, 2.05) is 6.92 Å². The average molecular weight is 241 g/mol. The van der Waals surface area contributed by atoms with Gasteiger partial charge >= 0.3 is 5.97 Å². The molecular formula is C14H27NO2. The highest BCUT2D eigenvalue weighted by molar-refractivity contribution is 5.78. The SMILES string of the molecule is CCC1CCN(C(C)(CC(C)C)C(=O)O)CC1. The number of carboxylic acids is 1. The summed E-state index contributed by atoms with van der Waals surface area (Å²) in [5.74, 6) is 0.546. The molecule has 1 N–H and O–H groups in total. The molecule has 1 aliphatic heterocycles. The van der Waals surface area contributed by atoms with E-state index in [1.165, 1.54) is 6.42 Å². The van der Waals surface area contributed by atoms with Crippen LogP contribution >= 0.6 is 0 Å². The number of rotatable bonds is 5. The summed E-state index contributed by atoms with van der Waals surface area (Å²) in [6, 6.07) is 0. The Hall–Kier alpha value is -0.570. The Morgan fingerprint density at radius 3 is 2.29 bits per heavy atom. The van der Waals surface area contributed by atoms with Gasteiger partial charge in [-0.25, -0.2) is 0 Å². The molecule has 0 spiro atoms. The zero-order valence-corrected chi connectivity index (χ0v) is 11.7. The van der Waals surface area contributed by atoms with Crippen molar-refractivity contribution < 1.29 is 9.90 Å². The number of carbonyl (C=O) groups is 1. The summed E-state index contributed by atoms with van der Waals surface area (Å²) in [6.45, 7) is 10.2. The highest BCUT2D eigenvalue weighted by Gasteiger charge is 2.41. The molecule has 1 saturated heterocycles. The third-order valence-electron chi connectivity index (χ3n) is 4.16. The van der Waals surface area contributed by atoms with E-state index < -0.39 is 11.5 Å². The molecule has 0 saturated carbocycles. The van der Waals surface area contributed by atoms with Gasteiger partial charge in [-0.1, -0.05) is 27.2 Å². The molecule has 1 heterocycles. The van der Waals surface area contributed by atoms with Crippen LogP contribution in [0.3, 0.4) is 0 Å². The van der Waals surface area contributed by atoms with Crippen LogP contribution < -0.4 is 0 Å². The fourth-order valence-electron chi connectivity index (χ4n) is 2.98. The van der Waals surface area contributed by atoms with E-state index in [4.69, 9.17) is 0 Å². The van der Waals surface area contributed by atoms with Crippen LogP contribution in [0.4, 0.5) is 0 Å². The Morgan fingerprint density at radius 2 is 1.94 bits per heavy atom. The Labute approximate surface area is 105 Å². The quantitative estimate of drug-likeness (QED) is 0.804. The van der Waals surface area contributed by atoms with Crippen LogP contribution in [-0.2, 0) is 4.79 Å². The number of nitrogens with zero attached hydrogens (tertiary/aromatic N) is 1. The maximum absolute atomic E-state index is 11.6. The maximum atomic E-state index is 11.6. The van der Waals surface area contributed by atoms with Gasteiger partial charge < -0.3 is 5.11 Å². The normalized spacial score (nSPS) is 22.6. The van der Waals surface area contributed by atoms with Crippen LogP contribution in [-0.4, -0.2) is 34.6 Å². The molecule has 3 heteroatoms. The van der Waals surface area contributed by atoms with Crippen molar-refractivity contribution in [1.82, 2.24) is 4.90 Å². The number of piperidine rings is 1. The van der Waals surface area contributed by atoms with Gasteiger partial charge in [0.25, 0.3) is 0 Å². The lowest BCUT2D eigenvalue weighted by molar-refractivity contribution is -0.153. The Bertz CT molecular complexity index is 257. The molecule has 1 aliphatic rings. The summed E-state index contributed by atoms with van der Waals surface area (Å²) in [5, 5.41) is 9.52. The number of carboxylic acid groups (broad SMARTS) is 1. The summed E-state index contributed by atoms with van der Waals surface area (Å²) in [5.41, 5.74) is -0.674. The van der Waals surface area contributed by atoms with Crippen molar-refractivity contribution in [2.24, 2.45) is 11.8 Å². The number of hydrogen-bond donors (Lipinski definition) is 1. The van der Waals surface area contributed by atoms with Crippen molar-refractivity contribution >= 4 is 5.97 Å². The second-order valence-corrected chi connectivity index (χ2v) is 6.02. The van der Waals surface area contributed by atoms with Crippen LogP contribution in [0.1, 0.15) is 53.4 Å². The Morgan fingerprint density at radius 1 is 1.41 bits per heavy atom. The van der Waals surface area contributed by atoms with Crippen molar-refractivity contribution in [3.8, 4) is 0 Å². The Kier molecular flexibility index (Phi) is 4.99. The van der Waals surface area contributed by atoms with Gasteiger partial charge in [-0.3, -0.25) is 9.69 Å². The monoisotopic (exact) mass is 241 g/mol. The third-order valence-corrected chi connectivity index (χ3v) is 4.16. The van der Waals surface area contributed by atoms with Gasteiger partial charge in [-0.05, 0) is 51.1 Å². The molecular weight excluding hydrogens is 214 g/mol. The van der Waals surface area contributed by atoms with Crippen molar-refractivity contribution in [2.45, 2.75) is 58.9 Å². The van der Waals surface area contributed by atoms with Gasteiger partial charge in [0, 0.05) is 0 Å². The van der Waals surface area contributed by atoms with Gasteiger partial charge in [-0.2, -0.15) is 0 Å². The molecule has 1 fully saturated rings. The minimum absolute atomic E-state index is 0.417. The van der Waals surface area contributed by atoms with Gasteiger partial charge in [0.15, 0.2) is 0 Å². The first-order valence-corrected chi connectivity index (χ1v) is 6.88. The molecule has 0 bridgehead atoms. The fraction of sp³-hybridized carbons (Fsp3) is 0.929. The predicted molar refractivity (Wildman–Crippen MR) is 70.1 cm³/mol. The van der Waals surface area contributed by atoms with E-state index in [0.717, 1.165) is 38.3 Å². The molecule has 3 nitrogen and oxygen atoms in total. The molecule has 0 aromatic heterocycles. The highest BCUT2D eigenvalue weighted by atomic mass is 16.4. The van der Waals surface area contributed by atoms with E-state index >= 15 is 0 Å². The molecule has 1 unspecified atom stereocenters. The average Bonchev–Trinajstić information content (AvgIpc) is 2.28. The van der Waals surface area contributed by atoms with Crippen molar-refractivity contribution in [2.75, 3.05) is 13.1 Å². The van der Waals surface area contributed by atoms with Crippen LogP contribution in [0.2, 0.25) is 0 Å². The number of likely N-dealkylation sites (tertiary alicyclic amines) is 1. The highest BCUT2D eigenvalue weighted by Crippen LogP contribution is 2.30. The largest absolute Gasteiger partial charge is 0.480 e. The van der Waals surface area contributed by atoms with Crippen LogP contribution in [0.25, 0.3) is 0 Å². The van der Waals surface area contributed by atoms with E-state index in [2.05, 4.69) is 25.7 Å². The first-order chi connectivity index (χ1) is 7.90. The van der Waals surface area contributed by atoms with Crippen LogP contribution in [0, 0.1) is 11.8 Å². The van der Waals surface area contributed by atoms with E-state index in [9.17, 15) is 9.90 Å². The molecule has 100 valence electrons. The van der Waals surface area contributed by atoms with E-state index in [1.54, 1.807) is 0 Å². The van der Waals surface area contributed by atoms with Gasteiger partial charge in [0.2, 0.25) is 0 Å². The first-order valence-electron chi connectivity index (χ1n) is 6.88. The fourth-order valence-corrected chi connectivity index (χ4v) is 2.98. The molecule has 0 aromatic carbocycles. The number of aliphatic carboxylic acids is 1. The molecule has 0 radical (unpaired) electrons. The summed E-state index contributed by atoms with van der Waals surface area (Å²) >= 11 is 0. The molecule has 17 heavy (non-hydrogen) atoms.